The van der Waals surface area contributed by atoms with Gasteiger partial charge in [0.05, 0.1) is 7.94 Å². The van der Waals surface area contributed by atoms with Crippen molar-refractivity contribution < 1.29 is 88.4 Å². The Kier molecular flexibility index (Phi) is 12.3. The van der Waals surface area contributed by atoms with Crippen molar-refractivity contribution in [2.75, 3.05) is 13.1 Å². The molecule has 1 rings (SSSR count). The standard InChI is InChI=1S/C8H13N2O7P.2Na/c1-6-2-10(8(12)9-7(6)11)3-16-4-17-5-18(13,14)15;;/h2H,3-5H2,1H3,(H,9,11,12)(H2,13,14,15);;/q;2*+1/p-2. The van der Waals surface area contributed by atoms with Crippen molar-refractivity contribution in [2.45, 2.75) is 13.7 Å². The van der Waals surface area contributed by atoms with Gasteiger partial charge in [0.1, 0.15) is 6.73 Å². The Labute approximate surface area is 159 Å². The number of rotatable bonds is 6. The van der Waals surface area contributed by atoms with Gasteiger partial charge in [-0.25, -0.2) is 9.78 Å². The maximum Gasteiger partial charge on any atom is 1.00 e. The molecule has 0 aliphatic heterocycles. The smallest absolute Gasteiger partial charge is 0.858 e. The van der Waals surface area contributed by atoms with Gasteiger partial charge in [0.15, 0.2) is 13.1 Å². The molecule has 1 heterocycles. The van der Waals surface area contributed by atoms with Crippen LogP contribution < -0.4 is 79.7 Å². The Morgan fingerprint density at radius 3 is 2.55 bits per heavy atom. The number of ether oxygens (including phenoxy) is 2. The van der Waals surface area contributed by atoms with Crippen molar-refractivity contribution in [1.29, 1.82) is 0 Å². The summed E-state index contributed by atoms with van der Waals surface area (Å²) in [6.07, 6.45) is 0.390. The van der Waals surface area contributed by atoms with Crippen molar-refractivity contribution in [3.05, 3.63) is 22.2 Å². The Morgan fingerprint density at radius 2 is 2.00 bits per heavy atom. The SMILES string of the molecule is Cc1cn(COCOC[P+]([O-])([O-])O)c(=O)nc1[O-].[Na+].[Na+]. The Hall–Kier alpha value is 0.910. The van der Waals surface area contributed by atoms with Crippen molar-refractivity contribution in [3.63, 3.8) is 0 Å². The summed E-state index contributed by atoms with van der Waals surface area (Å²) in [6, 6.07) is 0. The molecule has 0 saturated carbocycles. The van der Waals surface area contributed by atoms with E-state index < -0.39 is 32.7 Å². The van der Waals surface area contributed by atoms with Crippen molar-refractivity contribution in [2.24, 2.45) is 0 Å². The van der Waals surface area contributed by atoms with Gasteiger partial charge in [-0.2, -0.15) is 0 Å². The number of hydrogen-bond donors (Lipinski definition) is 1. The molecule has 20 heavy (non-hydrogen) atoms. The van der Waals surface area contributed by atoms with E-state index in [4.69, 9.17) is 9.63 Å². The molecule has 0 radical (unpaired) electrons. The number of nitrogens with zero attached hydrogens (tertiary/aromatic N) is 2. The summed E-state index contributed by atoms with van der Waals surface area (Å²) in [4.78, 5) is 43.4. The van der Waals surface area contributed by atoms with Gasteiger partial charge in [-0.1, -0.05) is 0 Å². The first kappa shape index (κ1) is 23.2. The summed E-state index contributed by atoms with van der Waals surface area (Å²) in [5.74, 6) is -0.611. The molecule has 0 aliphatic carbocycles. The molecule has 102 valence electrons. The molecule has 0 unspecified atom stereocenters. The first-order valence-electron chi connectivity index (χ1n) is 4.73. The minimum Gasteiger partial charge on any atom is -0.858 e. The zero-order valence-corrected chi connectivity index (χ0v) is 16.3. The van der Waals surface area contributed by atoms with Gasteiger partial charge >= 0.3 is 64.8 Å². The van der Waals surface area contributed by atoms with Crippen LogP contribution in [0.25, 0.3) is 0 Å². The third-order valence-electron chi connectivity index (χ3n) is 1.78. The van der Waals surface area contributed by atoms with Crippen LogP contribution in [-0.4, -0.2) is 27.6 Å². The van der Waals surface area contributed by atoms with Crippen LogP contribution in [-0.2, 0) is 16.2 Å². The summed E-state index contributed by atoms with van der Waals surface area (Å²) in [5.41, 5.74) is -0.499. The molecule has 1 N–H and O–H groups in total. The van der Waals surface area contributed by atoms with Crippen LogP contribution in [0.4, 0.5) is 0 Å². The van der Waals surface area contributed by atoms with E-state index in [2.05, 4.69) is 9.72 Å². The minimum atomic E-state index is -4.48. The monoisotopic (exact) mass is 324 g/mol. The van der Waals surface area contributed by atoms with Crippen molar-refractivity contribution in [3.8, 4) is 5.88 Å². The summed E-state index contributed by atoms with van der Waals surface area (Å²) in [5, 5.41) is 11.0. The molecule has 0 aliphatic rings. The summed E-state index contributed by atoms with van der Waals surface area (Å²) in [7, 11) is -4.48. The average molecular weight is 324 g/mol. The van der Waals surface area contributed by atoms with E-state index in [1.807, 2.05) is 0 Å². The normalized spacial score (nSPS) is 10.6. The largest absolute Gasteiger partial charge is 1.00 e. The van der Waals surface area contributed by atoms with Crippen LogP contribution in [0.3, 0.4) is 0 Å². The molecule has 0 atom stereocenters. The minimum absolute atomic E-state index is 0. The maximum atomic E-state index is 11.2. The predicted octanol–water partition coefficient (Wildman–Crippen LogP) is -8.99. The van der Waals surface area contributed by atoms with E-state index in [-0.39, 0.29) is 71.4 Å². The zero-order valence-electron chi connectivity index (χ0n) is 11.4. The van der Waals surface area contributed by atoms with Crippen LogP contribution in [0.1, 0.15) is 5.56 Å². The number of aryl methyl sites for hydroxylation is 1. The zero-order chi connectivity index (χ0) is 13.8. The second-order valence-corrected chi connectivity index (χ2v) is 4.94. The van der Waals surface area contributed by atoms with E-state index in [1.165, 1.54) is 13.1 Å². The van der Waals surface area contributed by atoms with E-state index in [1.54, 1.807) is 0 Å². The summed E-state index contributed by atoms with van der Waals surface area (Å²) >= 11 is 0. The molecule has 0 saturated heterocycles. The fraction of sp³-hybridized carbons (Fsp3) is 0.500. The first-order chi connectivity index (χ1) is 8.29. The predicted molar refractivity (Wildman–Crippen MR) is 53.7 cm³/mol. The van der Waals surface area contributed by atoms with Crippen molar-refractivity contribution >= 4 is 7.94 Å². The van der Waals surface area contributed by atoms with Crippen molar-refractivity contribution in [1.82, 2.24) is 9.55 Å². The molecular formula is C8H11N2Na2O7P. The Morgan fingerprint density at radius 1 is 1.40 bits per heavy atom. The summed E-state index contributed by atoms with van der Waals surface area (Å²) < 4.78 is 10.3. The topological polar surface area (TPSA) is 143 Å². The Bertz CT molecular complexity index is 465. The third kappa shape index (κ3) is 9.04. The van der Waals surface area contributed by atoms with Gasteiger partial charge in [0, 0.05) is 6.20 Å². The Balaban J connectivity index is 0. The van der Waals surface area contributed by atoms with E-state index >= 15 is 0 Å². The molecular weight excluding hydrogens is 313 g/mol. The first-order valence-corrected chi connectivity index (χ1v) is 6.49. The van der Waals surface area contributed by atoms with E-state index in [0.29, 0.717) is 0 Å². The third-order valence-corrected chi connectivity index (χ3v) is 2.29. The molecule has 0 amide bonds. The quantitative estimate of drug-likeness (QED) is 0.235. The van der Waals surface area contributed by atoms with Crippen LogP contribution in [0.5, 0.6) is 5.88 Å². The summed E-state index contributed by atoms with van der Waals surface area (Å²) in [6.45, 7) is 0.806. The molecule has 1 aromatic rings. The second kappa shape index (κ2) is 10.6. The fourth-order valence-corrected chi connectivity index (χ4v) is 1.33. The van der Waals surface area contributed by atoms with Gasteiger partial charge in [-0.15, -0.1) is 0 Å². The van der Waals surface area contributed by atoms with Gasteiger partial charge in [-0.05, 0) is 18.4 Å². The van der Waals surface area contributed by atoms with Gasteiger partial charge in [0.25, 0.3) is 0 Å². The second-order valence-electron chi connectivity index (χ2n) is 3.40. The van der Waals surface area contributed by atoms with Crippen LogP contribution in [0, 0.1) is 6.92 Å². The molecule has 0 spiro atoms. The van der Waals surface area contributed by atoms with Gasteiger partial charge in [-0.3, -0.25) is 9.46 Å². The number of aromatic nitrogens is 2. The van der Waals surface area contributed by atoms with Crippen LogP contribution in [0.15, 0.2) is 11.0 Å². The molecule has 1 aromatic heterocycles. The number of hydrogen-bond acceptors (Lipinski definition) is 8. The fourth-order valence-electron chi connectivity index (χ4n) is 1.02. The van der Waals surface area contributed by atoms with Gasteiger partial charge in [0.2, 0.25) is 0 Å². The van der Waals surface area contributed by atoms with E-state index in [9.17, 15) is 19.7 Å². The van der Waals surface area contributed by atoms with Crippen LogP contribution in [0.2, 0.25) is 0 Å². The molecule has 0 aromatic carbocycles. The molecule has 12 heteroatoms. The molecule has 0 fully saturated rings. The average Bonchev–Trinajstić information content (AvgIpc) is 2.23. The molecule has 0 bridgehead atoms. The van der Waals surface area contributed by atoms with E-state index in [0.717, 1.165) is 4.57 Å². The van der Waals surface area contributed by atoms with Gasteiger partial charge < -0.3 is 24.4 Å². The molecule has 9 nitrogen and oxygen atoms in total. The van der Waals surface area contributed by atoms with Crippen LogP contribution >= 0.6 is 7.94 Å². The maximum absolute atomic E-state index is 11.2.